The van der Waals surface area contributed by atoms with Gasteiger partial charge in [-0.15, -0.1) is 0 Å². The molecule has 0 radical (unpaired) electrons. The van der Waals surface area contributed by atoms with Gasteiger partial charge in [0.15, 0.2) is 0 Å². The third-order valence-corrected chi connectivity index (χ3v) is 5.82. The summed E-state index contributed by atoms with van der Waals surface area (Å²) in [6.07, 6.45) is 4.07. The van der Waals surface area contributed by atoms with E-state index in [4.69, 9.17) is 9.52 Å². The molecule has 1 atom stereocenters. The van der Waals surface area contributed by atoms with Gasteiger partial charge in [-0.2, -0.15) is 0 Å². The van der Waals surface area contributed by atoms with Crippen LogP contribution in [0, 0.1) is 0 Å². The summed E-state index contributed by atoms with van der Waals surface area (Å²) in [5.74, 6) is -1.22. The minimum absolute atomic E-state index is 0.0000915. The molecule has 1 aliphatic rings. The smallest absolute Gasteiger partial charge is 0.303 e. The van der Waals surface area contributed by atoms with E-state index >= 15 is 0 Å². The number of hydrogen-bond acceptors (Lipinski definition) is 5. The molecule has 1 saturated heterocycles. The Morgan fingerprint density at radius 1 is 1.38 bits per heavy atom. The maximum Gasteiger partial charge on any atom is 0.303 e. The van der Waals surface area contributed by atoms with Crippen LogP contribution < -0.4 is 0 Å². The van der Waals surface area contributed by atoms with E-state index in [0.29, 0.717) is 13.0 Å². The molecule has 0 spiro atoms. The van der Waals surface area contributed by atoms with Gasteiger partial charge in [-0.1, -0.05) is 0 Å². The van der Waals surface area contributed by atoms with E-state index in [1.165, 1.54) is 20.2 Å². The third-order valence-electron chi connectivity index (χ3n) is 4.14. The van der Waals surface area contributed by atoms with Gasteiger partial charge in [0, 0.05) is 39.2 Å². The first-order valence-electron chi connectivity index (χ1n) is 7.77. The number of carboxylic acid groups (broad SMARTS) is 1. The molecule has 2 rings (SSSR count). The Labute approximate surface area is 141 Å². The highest BCUT2D eigenvalue weighted by Crippen LogP contribution is 2.25. The molecule has 0 aromatic carbocycles. The van der Waals surface area contributed by atoms with Gasteiger partial charge in [0.1, 0.15) is 6.26 Å². The lowest BCUT2D eigenvalue weighted by molar-refractivity contribution is -0.137. The van der Waals surface area contributed by atoms with Crippen molar-refractivity contribution in [3.05, 3.63) is 17.9 Å². The van der Waals surface area contributed by atoms with Gasteiger partial charge in [-0.25, -0.2) is 12.7 Å². The molecule has 134 valence electrons. The Bertz CT molecular complexity index is 709. The largest absolute Gasteiger partial charge is 0.481 e. The number of carboxylic acids is 1. The van der Waals surface area contributed by atoms with E-state index in [1.54, 1.807) is 4.90 Å². The normalized spacial score (nSPS) is 18.8. The van der Waals surface area contributed by atoms with Crippen molar-refractivity contribution in [2.24, 2.45) is 0 Å². The van der Waals surface area contributed by atoms with Crippen molar-refractivity contribution in [2.45, 2.75) is 43.2 Å². The Morgan fingerprint density at radius 3 is 2.71 bits per heavy atom. The highest BCUT2D eigenvalue weighted by atomic mass is 32.2. The number of nitrogens with zero attached hydrogens (tertiary/aromatic N) is 2. The van der Waals surface area contributed by atoms with Crippen molar-refractivity contribution in [1.29, 1.82) is 0 Å². The Balaban J connectivity index is 2.17. The van der Waals surface area contributed by atoms with Crippen molar-refractivity contribution in [3.63, 3.8) is 0 Å². The SMILES string of the molecule is CN(C)S(=O)(=O)c1cc(C(=O)N2CCCCC2CCC(=O)O)co1. The molecule has 24 heavy (non-hydrogen) atoms. The zero-order valence-corrected chi connectivity index (χ0v) is 14.6. The van der Waals surface area contributed by atoms with Crippen LogP contribution in [0.5, 0.6) is 0 Å². The number of sulfonamides is 1. The molecule has 1 aromatic rings. The van der Waals surface area contributed by atoms with Gasteiger partial charge in [0.25, 0.3) is 15.9 Å². The van der Waals surface area contributed by atoms with Gasteiger partial charge in [0.05, 0.1) is 5.56 Å². The first-order valence-corrected chi connectivity index (χ1v) is 9.21. The standard InChI is InChI=1S/C15H22N2O6S/c1-16(2)24(21,22)14-9-11(10-23-14)15(20)17-8-4-3-5-12(17)6-7-13(18)19/h9-10,12H,3-8H2,1-2H3,(H,18,19). The van der Waals surface area contributed by atoms with Crippen molar-refractivity contribution in [3.8, 4) is 0 Å². The van der Waals surface area contributed by atoms with Crippen LogP contribution in [0.25, 0.3) is 0 Å². The van der Waals surface area contributed by atoms with Crippen LogP contribution in [0.4, 0.5) is 0 Å². The molecule has 0 saturated carbocycles. The molecule has 0 aliphatic carbocycles. The second-order valence-corrected chi connectivity index (χ2v) is 8.11. The van der Waals surface area contributed by atoms with E-state index < -0.39 is 16.0 Å². The van der Waals surface area contributed by atoms with E-state index in [0.717, 1.165) is 29.8 Å². The number of likely N-dealkylation sites (tertiary alicyclic amines) is 1. The number of carbonyl (C=O) groups excluding carboxylic acids is 1. The fourth-order valence-electron chi connectivity index (χ4n) is 2.77. The summed E-state index contributed by atoms with van der Waals surface area (Å²) in [7, 11) is -0.975. The third kappa shape index (κ3) is 3.96. The van der Waals surface area contributed by atoms with Gasteiger partial charge in [0.2, 0.25) is 5.09 Å². The number of hydrogen-bond donors (Lipinski definition) is 1. The molecule has 1 fully saturated rings. The molecular weight excluding hydrogens is 336 g/mol. The summed E-state index contributed by atoms with van der Waals surface area (Å²) in [4.78, 5) is 25.1. The predicted molar refractivity (Wildman–Crippen MR) is 85.1 cm³/mol. The number of aliphatic carboxylic acids is 1. The number of furan rings is 1. The van der Waals surface area contributed by atoms with Crippen LogP contribution in [-0.2, 0) is 14.8 Å². The molecule has 1 N–H and O–H groups in total. The number of amides is 1. The van der Waals surface area contributed by atoms with E-state index in [1.807, 2.05) is 0 Å². The van der Waals surface area contributed by atoms with Gasteiger partial charge in [-0.05, 0) is 25.7 Å². The van der Waals surface area contributed by atoms with Crippen molar-refractivity contribution in [1.82, 2.24) is 9.21 Å². The molecule has 1 amide bonds. The lowest BCUT2D eigenvalue weighted by Gasteiger charge is -2.35. The summed E-state index contributed by atoms with van der Waals surface area (Å²) >= 11 is 0. The molecular formula is C15H22N2O6S. The number of carbonyl (C=O) groups is 2. The van der Waals surface area contributed by atoms with Crippen LogP contribution >= 0.6 is 0 Å². The zero-order chi connectivity index (χ0) is 17.9. The summed E-state index contributed by atoms with van der Waals surface area (Å²) in [6, 6.07) is 1.08. The van der Waals surface area contributed by atoms with Gasteiger partial charge >= 0.3 is 5.97 Å². The average Bonchev–Trinajstić information content (AvgIpc) is 3.03. The second kappa shape index (κ2) is 7.35. The molecule has 2 heterocycles. The summed E-state index contributed by atoms with van der Waals surface area (Å²) in [6.45, 7) is 0.532. The summed E-state index contributed by atoms with van der Waals surface area (Å²) in [5.41, 5.74) is 0.164. The maximum absolute atomic E-state index is 12.7. The van der Waals surface area contributed by atoms with Crippen LogP contribution in [0.1, 0.15) is 42.5 Å². The fourth-order valence-corrected chi connectivity index (χ4v) is 3.57. The molecule has 1 aromatic heterocycles. The first-order chi connectivity index (χ1) is 11.2. The lowest BCUT2D eigenvalue weighted by Crippen LogP contribution is -2.43. The van der Waals surface area contributed by atoms with Crippen LogP contribution in [0.2, 0.25) is 0 Å². The van der Waals surface area contributed by atoms with Gasteiger partial charge < -0.3 is 14.4 Å². The van der Waals surface area contributed by atoms with Gasteiger partial charge in [-0.3, -0.25) is 9.59 Å². The van der Waals surface area contributed by atoms with E-state index in [2.05, 4.69) is 0 Å². The second-order valence-electron chi connectivity index (χ2n) is 6.02. The molecule has 1 unspecified atom stereocenters. The van der Waals surface area contributed by atoms with E-state index in [9.17, 15) is 18.0 Å². The molecule has 1 aliphatic heterocycles. The quantitative estimate of drug-likeness (QED) is 0.823. The molecule has 9 heteroatoms. The van der Waals surface area contributed by atoms with Crippen molar-refractivity contribution >= 4 is 21.9 Å². The van der Waals surface area contributed by atoms with E-state index in [-0.39, 0.29) is 29.0 Å². The topological polar surface area (TPSA) is 108 Å². The molecule has 8 nitrogen and oxygen atoms in total. The minimum atomic E-state index is -3.74. The summed E-state index contributed by atoms with van der Waals surface area (Å²) < 4.78 is 30.1. The minimum Gasteiger partial charge on any atom is -0.481 e. The fraction of sp³-hybridized carbons (Fsp3) is 0.600. The zero-order valence-electron chi connectivity index (χ0n) is 13.8. The van der Waals surface area contributed by atoms with Crippen LogP contribution in [-0.4, -0.2) is 61.3 Å². The summed E-state index contributed by atoms with van der Waals surface area (Å²) in [5, 5.41) is 8.56. The number of piperidine rings is 1. The Hall–Kier alpha value is -1.87. The Morgan fingerprint density at radius 2 is 2.08 bits per heavy atom. The maximum atomic E-state index is 12.7. The lowest BCUT2D eigenvalue weighted by atomic mass is 9.97. The van der Waals surface area contributed by atoms with Crippen molar-refractivity contribution < 1.29 is 27.5 Å². The first kappa shape index (κ1) is 18.5. The average molecular weight is 358 g/mol. The highest BCUT2D eigenvalue weighted by molar-refractivity contribution is 7.88. The Kier molecular flexibility index (Phi) is 5.66. The van der Waals surface area contributed by atoms with Crippen molar-refractivity contribution in [2.75, 3.05) is 20.6 Å². The van der Waals surface area contributed by atoms with Crippen LogP contribution in [0.15, 0.2) is 21.8 Å². The van der Waals surface area contributed by atoms with Crippen LogP contribution in [0.3, 0.4) is 0 Å². The monoisotopic (exact) mass is 358 g/mol. The number of rotatable bonds is 6. The predicted octanol–water partition coefficient (Wildman–Crippen LogP) is 1.39. The highest BCUT2D eigenvalue weighted by Gasteiger charge is 2.30. The molecule has 0 bridgehead atoms.